The minimum atomic E-state index is -2.94. The average molecular weight is 570 g/mol. The van der Waals surface area contributed by atoms with Crippen LogP contribution in [-0.4, -0.2) is 49.3 Å². The zero-order chi connectivity index (χ0) is 29.4. The lowest BCUT2D eigenvalue weighted by atomic mass is 9.94. The summed E-state index contributed by atoms with van der Waals surface area (Å²) in [7, 11) is -2.94. The SMILES string of the molecule is CC(C)C(=O)[C@@H]1CCCC(=O)N1.CC(C)NS(=O)(=O)C1CC1.CC(C)ON=C1c2ccccc2-c2ccccc21. The van der Waals surface area contributed by atoms with Crippen molar-refractivity contribution in [1.82, 2.24) is 10.0 Å². The zero-order valence-electron chi connectivity index (χ0n) is 24.4. The molecule has 2 aromatic rings. The molecule has 0 spiro atoms. The summed E-state index contributed by atoms with van der Waals surface area (Å²) in [6.45, 7) is 11.4. The Morgan fingerprint density at radius 2 is 1.43 bits per heavy atom. The summed E-state index contributed by atoms with van der Waals surface area (Å²) >= 11 is 0. The van der Waals surface area contributed by atoms with Gasteiger partial charge in [0.2, 0.25) is 15.9 Å². The highest BCUT2D eigenvalue weighted by Crippen LogP contribution is 2.36. The molecule has 0 unspecified atom stereocenters. The quantitative estimate of drug-likeness (QED) is 0.380. The molecule has 2 fully saturated rings. The van der Waals surface area contributed by atoms with E-state index in [-0.39, 0.29) is 41.0 Å². The van der Waals surface area contributed by atoms with E-state index in [2.05, 4.69) is 51.6 Å². The maximum Gasteiger partial charge on any atom is 0.220 e. The van der Waals surface area contributed by atoms with Crippen molar-refractivity contribution >= 4 is 27.4 Å². The number of benzene rings is 2. The number of hydrogen-bond donors (Lipinski definition) is 2. The molecule has 1 amide bonds. The molecule has 1 saturated heterocycles. The first-order valence-corrected chi connectivity index (χ1v) is 15.7. The topological polar surface area (TPSA) is 114 Å². The van der Waals surface area contributed by atoms with Crippen molar-refractivity contribution in [2.24, 2.45) is 11.1 Å². The van der Waals surface area contributed by atoms with Gasteiger partial charge in [-0.05, 0) is 64.5 Å². The van der Waals surface area contributed by atoms with Crippen LogP contribution in [0.3, 0.4) is 0 Å². The number of nitrogens with zero attached hydrogens (tertiary/aromatic N) is 1. The number of amides is 1. The highest BCUT2D eigenvalue weighted by molar-refractivity contribution is 7.90. The predicted molar refractivity (Wildman–Crippen MR) is 160 cm³/mol. The molecule has 0 bridgehead atoms. The number of carbonyl (C=O) groups excluding carboxylic acids is 2. The van der Waals surface area contributed by atoms with Crippen LogP contribution < -0.4 is 10.0 Å². The minimum absolute atomic E-state index is 0.0141. The maximum atomic E-state index is 11.4. The Bertz CT molecular complexity index is 1270. The first-order valence-electron chi connectivity index (χ1n) is 14.2. The van der Waals surface area contributed by atoms with Gasteiger partial charge in [-0.25, -0.2) is 13.1 Å². The first-order chi connectivity index (χ1) is 18.9. The molecule has 1 saturated carbocycles. The molecule has 2 aliphatic carbocycles. The standard InChI is InChI=1S/C16H15NO.C9H15NO2.C6H13NO2S/c1-11(2)18-17-16-14-9-5-3-7-12(14)13-8-4-6-10-15(13)16;1-6(2)9(12)7-4-3-5-8(11)10-7;1-5(2)7-10(8,9)6-3-4-6/h3-11H,1-2H3;6-7H,3-5H2,1-2H3,(H,10,11);5-7H,3-4H2,1-2H3/t;7-;/m.0./s1. The Balaban J connectivity index is 0.000000175. The van der Waals surface area contributed by atoms with Crippen molar-refractivity contribution in [3.63, 3.8) is 0 Å². The molecular weight excluding hydrogens is 526 g/mol. The molecule has 2 aromatic carbocycles. The smallest absolute Gasteiger partial charge is 0.220 e. The normalized spacial score (nSPS) is 17.7. The van der Waals surface area contributed by atoms with Crippen LogP contribution in [0.1, 0.15) is 84.8 Å². The molecule has 0 radical (unpaired) electrons. The van der Waals surface area contributed by atoms with Crippen molar-refractivity contribution in [2.75, 3.05) is 0 Å². The molecule has 218 valence electrons. The number of piperidine rings is 1. The molecule has 1 atom stereocenters. The summed E-state index contributed by atoms with van der Waals surface area (Å²) in [5.41, 5.74) is 5.71. The molecule has 1 heterocycles. The second-order valence-electron chi connectivity index (χ2n) is 11.3. The molecule has 5 rings (SSSR count). The lowest BCUT2D eigenvalue weighted by molar-refractivity contribution is -0.131. The Labute approximate surface area is 239 Å². The largest absolute Gasteiger partial charge is 0.393 e. The number of nitrogens with one attached hydrogen (secondary N) is 2. The van der Waals surface area contributed by atoms with Crippen molar-refractivity contribution in [3.8, 4) is 11.1 Å². The van der Waals surface area contributed by atoms with Gasteiger partial charge in [-0.15, -0.1) is 0 Å². The van der Waals surface area contributed by atoms with Crippen LogP contribution in [-0.2, 0) is 24.4 Å². The Morgan fingerprint density at radius 3 is 1.85 bits per heavy atom. The van der Waals surface area contributed by atoms with Gasteiger partial charge in [0.05, 0.1) is 11.3 Å². The summed E-state index contributed by atoms with van der Waals surface area (Å²) in [6.07, 6.45) is 3.99. The molecule has 0 aromatic heterocycles. The van der Waals surface area contributed by atoms with Crippen LogP contribution >= 0.6 is 0 Å². The van der Waals surface area contributed by atoms with Crippen LogP contribution in [0.25, 0.3) is 11.1 Å². The molecule has 40 heavy (non-hydrogen) atoms. The predicted octanol–water partition coefficient (Wildman–Crippen LogP) is 5.20. The van der Waals surface area contributed by atoms with E-state index >= 15 is 0 Å². The molecule has 3 aliphatic rings. The molecule has 9 heteroatoms. The monoisotopic (exact) mass is 569 g/mol. The number of carbonyl (C=O) groups is 2. The third-order valence-corrected chi connectivity index (χ3v) is 8.67. The molecule has 1 aliphatic heterocycles. The van der Waals surface area contributed by atoms with Crippen molar-refractivity contribution in [1.29, 1.82) is 0 Å². The fourth-order valence-electron chi connectivity index (χ4n) is 4.47. The number of Topliss-reactive ketones (excluding diaryl/α,β-unsaturated/α-hetero) is 1. The van der Waals surface area contributed by atoms with Gasteiger partial charge in [-0.1, -0.05) is 67.5 Å². The van der Waals surface area contributed by atoms with Crippen LogP contribution in [0, 0.1) is 5.92 Å². The van der Waals surface area contributed by atoms with Gasteiger partial charge in [0.15, 0.2) is 5.78 Å². The summed E-state index contributed by atoms with van der Waals surface area (Å²) in [4.78, 5) is 27.8. The second-order valence-corrected chi connectivity index (χ2v) is 13.3. The summed E-state index contributed by atoms with van der Waals surface area (Å²) < 4.78 is 24.7. The van der Waals surface area contributed by atoms with Crippen molar-refractivity contribution < 1.29 is 22.8 Å². The van der Waals surface area contributed by atoms with E-state index < -0.39 is 10.0 Å². The molecule has 2 N–H and O–H groups in total. The van der Waals surface area contributed by atoms with Gasteiger partial charge in [0.25, 0.3) is 0 Å². The Morgan fingerprint density at radius 1 is 0.900 bits per heavy atom. The van der Waals surface area contributed by atoms with Gasteiger partial charge in [0.1, 0.15) is 11.8 Å². The van der Waals surface area contributed by atoms with Gasteiger partial charge < -0.3 is 10.2 Å². The number of rotatable bonds is 7. The number of ketones is 1. The van der Waals surface area contributed by atoms with Gasteiger partial charge in [-0.3, -0.25) is 9.59 Å². The summed E-state index contributed by atoms with van der Waals surface area (Å²) in [5.74, 6) is 0.191. The van der Waals surface area contributed by atoms with E-state index in [1.165, 1.54) is 11.1 Å². The zero-order valence-corrected chi connectivity index (χ0v) is 25.3. The van der Waals surface area contributed by atoms with Crippen molar-refractivity contribution in [3.05, 3.63) is 59.7 Å². The lowest BCUT2D eigenvalue weighted by Crippen LogP contribution is -2.45. The van der Waals surface area contributed by atoms with Crippen LogP contribution in [0.15, 0.2) is 53.7 Å². The average Bonchev–Trinajstić information content (AvgIpc) is 3.71. The molecule has 8 nitrogen and oxygen atoms in total. The third-order valence-electron chi connectivity index (χ3n) is 6.52. The second kappa shape index (κ2) is 14.0. The first kappa shape index (κ1) is 31.5. The number of oxime groups is 1. The fourth-order valence-corrected chi connectivity index (χ4v) is 6.08. The van der Waals surface area contributed by atoms with Crippen LogP contribution in [0.5, 0.6) is 0 Å². The fraction of sp³-hybridized carbons (Fsp3) is 0.516. The van der Waals surface area contributed by atoms with E-state index in [0.29, 0.717) is 6.42 Å². The maximum absolute atomic E-state index is 11.4. The summed E-state index contributed by atoms with van der Waals surface area (Å²) in [6, 6.07) is 16.5. The number of sulfonamides is 1. The van der Waals surface area contributed by atoms with E-state index in [1.54, 1.807) is 0 Å². The Hall–Kier alpha value is -3.04. The Kier molecular flexibility index (Phi) is 11.0. The van der Waals surface area contributed by atoms with E-state index in [1.807, 2.05) is 53.7 Å². The highest BCUT2D eigenvalue weighted by atomic mass is 32.2. The highest BCUT2D eigenvalue weighted by Gasteiger charge is 2.35. The van der Waals surface area contributed by atoms with Crippen molar-refractivity contribution in [2.45, 2.75) is 97.1 Å². The van der Waals surface area contributed by atoms with E-state index in [0.717, 1.165) is 42.5 Å². The van der Waals surface area contributed by atoms with E-state index in [9.17, 15) is 18.0 Å². The third kappa shape index (κ3) is 8.73. The van der Waals surface area contributed by atoms with Crippen LogP contribution in [0.4, 0.5) is 0 Å². The van der Waals surface area contributed by atoms with Gasteiger partial charge in [-0.2, -0.15) is 0 Å². The molecular formula is C31H43N3O5S. The van der Waals surface area contributed by atoms with Gasteiger partial charge >= 0.3 is 0 Å². The van der Waals surface area contributed by atoms with E-state index in [4.69, 9.17) is 4.84 Å². The number of fused-ring (bicyclic) bond motifs is 3. The minimum Gasteiger partial charge on any atom is -0.393 e. The lowest BCUT2D eigenvalue weighted by Gasteiger charge is -2.23. The van der Waals surface area contributed by atoms with Gasteiger partial charge in [0, 0.05) is 29.5 Å². The van der Waals surface area contributed by atoms with Crippen LogP contribution in [0.2, 0.25) is 0 Å². The summed E-state index contributed by atoms with van der Waals surface area (Å²) in [5, 5.41) is 6.94. The number of hydrogen-bond acceptors (Lipinski definition) is 6.